The summed E-state index contributed by atoms with van der Waals surface area (Å²) in [5.74, 6) is -2.91. The van der Waals surface area contributed by atoms with Gasteiger partial charge in [0.05, 0.1) is 13.2 Å². The highest BCUT2D eigenvalue weighted by Gasteiger charge is 2.66. The number of fused-ring (bicyclic) bond motifs is 5. The highest BCUT2D eigenvalue weighted by molar-refractivity contribution is 7.99. The van der Waals surface area contributed by atoms with Crippen molar-refractivity contribution in [3.8, 4) is 0 Å². The monoisotopic (exact) mass is 453 g/mol. The Bertz CT molecular complexity index is 872. The topological polar surface area (TPSA) is 139 Å². The second-order valence-corrected chi connectivity index (χ2v) is 9.84. The number of ether oxygens (including phenoxy) is 3. The number of hydrogen-bond acceptors (Lipinski definition) is 9. The molecule has 0 radical (unpaired) electrons. The number of pyridine rings is 1. The van der Waals surface area contributed by atoms with Crippen molar-refractivity contribution >= 4 is 23.6 Å². The molecular formula is C20H27N3O7S. The predicted octanol–water partition coefficient (Wildman–Crippen LogP) is -0.256. The molecule has 1 aromatic heterocycles. The van der Waals surface area contributed by atoms with E-state index in [9.17, 15) is 19.8 Å². The third-order valence-electron chi connectivity index (χ3n) is 5.92. The van der Waals surface area contributed by atoms with Crippen molar-refractivity contribution in [1.29, 1.82) is 0 Å². The summed E-state index contributed by atoms with van der Waals surface area (Å²) in [4.78, 5) is 31.0. The zero-order valence-corrected chi connectivity index (χ0v) is 18.4. The number of aliphatic hydroxyl groups is 2. The van der Waals surface area contributed by atoms with Crippen LogP contribution in [-0.4, -0.2) is 74.9 Å². The van der Waals surface area contributed by atoms with Crippen molar-refractivity contribution in [1.82, 2.24) is 15.6 Å². The maximum atomic E-state index is 13.1. The van der Waals surface area contributed by atoms with Crippen LogP contribution in [0.15, 0.2) is 29.4 Å². The van der Waals surface area contributed by atoms with Crippen molar-refractivity contribution < 1.29 is 34.0 Å². The Morgan fingerprint density at radius 2 is 1.90 bits per heavy atom. The van der Waals surface area contributed by atoms with Crippen LogP contribution < -0.4 is 10.6 Å². The number of aromatic nitrogens is 1. The van der Waals surface area contributed by atoms with Crippen LogP contribution >= 0.6 is 11.8 Å². The van der Waals surface area contributed by atoms with Crippen LogP contribution in [0.4, 0.5) is 0 Å². The Kier molecular flexibility index (Phi) is 5.56. The zero-order chi connectivity index (χ0) is 22.5. The quantitative estimate of drug-likeness (QED) is 0.444. The van der Waals surface area contributed by atoms with E-state index in [1.54, 1.807) is 33.2 Å². The first-order valence-electron chi connectivity index (χ1n) is 10.1. The van der Waals surface area contributed by atoms with Crippen molar-refractivity contribution in [2.45, 2.75) is 61.0 Å². The molecule has 31 heavy (non-hydrogen) atoms. The average molecular weight is 454 g/mol. The Hall–Kier alpha value is -1.76. The molecule has 1 unspecified atom stereocenters. The third kappa shape index (κ3) is 3.83. The molecule has 10 nitrogen and oxygen atoms in total. The third-order valence-corrected chi connectivity index (χ3v) is 7.10. The average Bonchev–Trinajstić information content (AvgIpc) is 3.01. The summed E-state index contributed by atoms with van der Waals surface area (Å²) in [6, 6.07) is 3.64. The van der Waals surface area contributed by atoms with Gasteiger partial charge in [-0.2, -0.15) is 0 Å². The van der Waals surface area contributed by atoms with Gasteiger partial charge in [-0.1, -0.05) is 0 Å². The van der Waals surface area contributed by atoms with E-state index in [2.05, 4.69) is 15.6 Å². The van der Waals surface area contributed by atoms with Gasteiger partial charge in [0.15, 0.2) is 5.79 Å². The van der Waals surface area contributed by atoms with E-state index in [0.29, 0.717) is 5.75 Å². The largest absolute Gasteiger partial charge is 0.384 e. The predicted molar refractivity (Wildman–Crippen MR) is 109 cm³/mol. The zero-order valence-electron chi connectivity index (χ0n) is 17.6. The van der Waals surface area contributed by atoms with E-state index >= 15 is 0 Å². The van der Waals surface area contributed by atoms with Crippen LogP contribution in [0.2, 0.25) is 0 Å². The van der Waals surface area contributed by atoms with Gasteiger partial charge in [-0.05, 0) is 39.3 Å². The molecule has 4 saturated heterocycles. The lowest BCUT2D eigenvalue weighted by molar-refractivity contribution is -0.247. The molecule has 5 heterocycles. The number of piperazine rings is 1. The summed E-state index contributed by atoms with van der Waals surface area (Å²) in [6.07, 6.45) is 2.01. The number of hydrogen-bond donors (Lipinski definition) is 4. The molecule has 0 saturated carbocycles. The van der Waals surface area contributed by atoms with Crippen LogP contribution in [0.25, 0.3) is 0 Å². The number of carbonyl (C=O) groups is 2. The van der Waals surface area contributed by atoms with E-state index < -0.39 is 46.7 Å². The molecule has 4 N–H and O–H groups in total. The van der Waals surface area contributed by atoms with E-state index in [4.69, 9.17) is 14.2 Å². The molecule has 0 spiro atoms. The number of amides is 2. The minimum absolute atomic E-state index is 0.00903. The van der Waals surface area contributed by atoms with Crippen LogP contribution in [0.5, 0.6) is 0 Å². The standard InChI is InChI=1S/C20H27N3O7S/c1-17(2)29-11-18(3,30-17)14(24)20-16(26)22-19(27,15(25)23-20)12(6-9-28-20)10-31-13-4-7-21-8-5-13/h4-5,7-8,12,14,24,27H,6,9-11H2,1-3H3,(H,22,26)(H,23,25)/t12?,14-,18-,19+,20-/m0/s1. The number of thioether (sulfide) groups is 1. The van der Waals surface area contributed by atoms with Crippen LogP contribution in [0, 0.1) is 5.92 Å². The van der Waals surface area contributed by atoms with E-state index in [0.717, 1.165) is 4.90 Å². The first-order valence-corrected chi connectivity index (χ1v) is 11.1. The second kappa shape index (κ2) is 7.68. The van der Waals surface area contributed by atoms with Crippen molar-refractivity contribution in [3.63, 3.8) is 0 Å². The Morgan fingerprint density at radius 1 is 1.19 bits per heavy atom. The highest BCUT2D eigenvalue weighted by atomic mass is 32.2. The fraction of sp³-hybridized carbons (Fsp3) is 0.650. The molecule has 0 aromatic carbocycles. The summed E-state index contributed by atoms with van der Waals surface area (Å²) in [7, 11) is 0. The smallest absolute Gasteiger partial charge is 0.278 e. The van der Waals surface area contributed by atoms with Gasteiger partial charge in [0, 0.05) is 29.0 Å². The first-order chi connectivity index (χ1) is 14.5. The molecular weight excluding hydrogens is 426 g/mol. The molecule has 170 valence electrons. The Balaban J connectivity index is 1.56. The number of aliphatic hydroxyl groups excluding tert-OH is 1. The van der Waals surface area contributed by atoms with E-state index in [1.165, 1.54) is 11.8 Å². The number of nitrogens with zero attached hydrogens (tertiary/aromatic N) is 1. The fourth-order valence-corrected chi connectivity index (χ4v) is 5.33. The minimum atomic E-state index is -2.13. The van der Waals surface area contributed by atoms with Gasteiger partial charge in [-0.3, -0.25) is 14.6 Å². The van der Waals surface area contributed by atoms with E-state index in [-0.39, 0.29) is 19.6 Å². The minimum Gasteiger partial charge on any atom is -0.384 e. The highest BCUT2D eigenvalue weighted by Crippen LogP contribution is 2.41. The van der Waals surface area contributed by atoms with E-state index in [1.807, 2.05) is 12.1 Å². The van der Waals surface area contributed by atoms with Gasteiger partial charge >= 0.3 is 0 Å². The van der Waals surface area contributed by atoms with Crippen molar-refractivity contribution in [3.05, 3.63) is 24.5 Å². The van der Waals surface area contributed by atoms with Crippen molar-refractivity contribution in [2.75, 3.05) is 19.0 Å². The molecule has 0 aliphatic carbocycles. The number of carbonyl (C=O) groups excluding carboxylic acids is 2. The molecule has 4 aliphatic heterocycles. The summed E-state index contributed by atoms with van der Waals surface area (Å²) in [5.41, 5.74) is -5.55. The normalized spacial score (nSPS) is 38.2. The Labute approximate surface area is 184 Å². The molecule has 2 amide bonds. The van der Waals surface area contributed by atoms with Crippen LogP contribution in [-0.2, 0) is 23.8 Å². The summed E-state index contributed by atoms with van der Waals surface area (Å²) in [5, 5.41) is 27.2. The molecule has 11 heteroatoms. The fourth-order valence-electron chi connectivity index (χ4n) is 4.21. The maximum Gasteiger partial charge on any atom is 0.278 e. The van der Waals surface area contributed by atoms with Crippen molar-refractivity contribution in [2.24, 2.45) is 5.92 Å². The van der Waals surface area contributed by atoms with Gasteiger partial charge in [-0.25, -0.2) is 0 Å². The maximum absolute atomic E-state index is 13.1. The summed E-state index contributed by atoms with van der Waals surface area (Å²) in [6.45, 7) is 4.98. The lowest BCUT2D eigenvalue weighted by atomic mass is 9.83. The molecule has 4 aliphatic rings. The number of rotatable bonds is 5. The molecule has 1 aromatic rings. The van der Waals surface area contributed by atoms with Gasteiger partial charge in [-0.15, -0.1) is 11.8 Å². The lowest BCUT2D eigenvalue weighted by Gasteiger charge is -2.51. The first kappa shape index (κ1) is 22.4. The summed E-state index contributed by atoms with van der Waals surface area (Å²) >= 11 is 1.43. The molecule has 2 bridgehead atoms. The van der Waals surface area contributed by atoms with Gasteiger partial charge in [0.2, 0.25) is 5.72 Å². The Morgan fingerprint density at radius 3 is 2.55 bits per heavy atom. The van der Waals surface area contributed by atoms with Crippen LogP contribution in [0.1, 0.15) is 27.2 Å². The molecule has 5 atom stereocenters. The summed E-state index contributed by atoms with van der Waals surface area (Å²) < 4.78 is 17.2. The second-order valence-electron chi connectivity index (χ2n) is 8.74. The van der Waals surface area contributed by atoms with Gasteiger partial charge in [0.25, 0.3) is 17.5 Å². The van der Waals surface area contributed by atoms with Crippen LogP contribution in [0.3, 0.4) is 0 Å². The van der Waals surface area contributed by atoms with Gasteiger partial charge in [0.1, 0.15) is 11.7 Å². The number of nitrogens with one attached hydrogen (secondary N) is 2. The molecule has 5 rings (SSSR count). The van der Waals surface area contributed by atoms with Gasteiger partial charge < -0.3 is 35.1 Å². The SMILES string of the molecule is CC1(C)OC[C@@](C)([C@H](O)[C@@]23NC(=O)[C@@](O)(NC2=O)C(CSc2ccncc2)CCO3)O1. The molecule has 4 fully saturated rings. The lowest BCUT2D eigenvalue weighted by Crippen LogP contribution is -2.83.